The Kier molecular flexibility index (Phi) is 4.47. The van der Waals surface area contributed by atoms with Gasteiger partial charge in [-0.1, -0.05) is 5.16 Å². The van der Waals surface area contributed by atoms with Crippen LogP contribution in [0.4, 0.5) is 4.39 Å². The van der Waals surface area contributed by atoms with Crippen LogP contribution in [0, 0.1) is 12.7 Å². The van der Waals surface area contributed by atoms with Crippen molar-refractivity contribution >= 4 is 10.0 Å². The van der Waals surface area contributed by atoms with Crippen LogP contribution >= 0.6 is 0 Å². The molecule has 2 aromatic rings. The van der Waals surface area contributed by atoms with Crippen LogP contribution in [0.3, 0.4) is 0 Å². The van der Waals surface area contributed by atoms with Gasteiger partial charge in [0, 0.05) is 38.8 Å². The molecule has 23 heavy (non-hydrogen) atoms. The van der Waals surface area contributed by atoms with Crippen LogP contribution in [-0.4, -0.2) is 49.0 Å². The van der Waals surface area contributed by atoms with Gasteiger partial charge in [-0.25, -0.2) is 12.8 Å². The van der Waals surface area contributed by atoms with Crippen molar-refractivity contribution in [2.45, 2.75) is 18.4 Å². The smallest absolute Gasteiger partial charge is 0.243 e. The third kappa shape index (κ3) is 3.60. The molecule has 1 aliphatic rings. The first-order valence-electron chi connectivity index (χ1n) is 7.35. The van der Waals surface area contributed by atoms with Gasteiger partial charge in [-0.15, -0.1) is 0 Å². The van der Waals surface area contributed by atoms with Crippen molar-refractivity contribution in [3.05, 3.63) is 47.6 Å². The number of halogens is 1. The van der Waals surface area contributed by atoms with Crippen LogP contribution in [-0.2, 0) is 16.6 Å². The zero-order valence-corrected chi connectivity index (χ0v) is 13.6. The molecule has 0 atom stereocenters. The van der Waals surface area contributed by atoms with Crippen LogP contribution in [0.25, 0.3) is 0 Å². The Balaban J connectivity index is 1.62. The lowest BCUT2D eigenvalue weighted by Gasteiger charge is -2.33. The lowest BCUT2D eigenvalue weighted by atomic mass is 10.3. The first-order chi connectivity index (χ1) is 10.9. The van der Waals surface area contributed by atoms with Gasteiger partial charge >= 0.3 is 0 Å². The van der Waals surface area contributed by atoms with E-state index in [2.05, 4.69) is 10.1 Å². The molecule has 0 radical (unpaired) electrons. The van der Waals surface area contributed by atoms with Crippen molar-refractivity contribution in [3.8, 4) is 0 Å². The topological polar surface area (TPSA) is 66.7 Å². The Morgan fingerprint density at radius 3 is 2.39 bits per heavy atom. The van der Waals surface area contributed by atoms with Gasteiger partial charge in [0.2, 0.25) is 10.0 Å². The summed E-state index contributed by atoms with van der Waals surface area (Å²) in [5.41, 5.74) is 0.845. The Morgan fingerprint density at radius 1 is 1.17 bits per heavy atom. The standard InChI is InChI=1S/C15H18FN3O3S/c1-12-10-14(17-22-12)11-18-6-8-19(9-7-18)23(20,21)15-4-2-13(16)3-5-15/h2-5,10H,6-9,11H2,1H3. The van der Waals surface area contributed by atoms with E-state index in [0.29, 0.717) is 32.7 Å². The summed E-state index contributed by atoms with van der Waals surface area (Å²) in [6.45, 7) is 4.51. The monoisotopic (exact) mass is 339 g/mol. The molecule has 0 saturated carbocycles. The molecule has 1 saturated heterocycles. The number of hydrogen-bond donors (Lipinski definition) is 0. The van der Waals surface area contributed by atoms with Crippen molar-refractivity contribution in [2.75, 3.05) is 26.2 Å². The molecule has 0 aliphatic carbocycles. The third-order valence-electron chi connectivity index (χ3n) is 3.85. The predicted molar refractivity (Wildman–Crippen MR) is 81.7 cm³/mol. The minimum absolute atomic E-state index is 0.125. The highest BCUT2D eigenvalue weighted by atomic mass is 32.2. The van der Waals surface area contributed by atoms with Crippen LogP contribution in [0.15, 0.2) is 39.8 Å². The lowest BCUT2D eigenvalue weighted by Crippen LogP contribution is -2.48. The van der Waals surface area contributed by atoms with Crippen molar-refractivity contribution in [1.29, 1.82) is 0 Å². The number of benzene rings is 1. The van der Waals surface area contributed by atoms with Gasteiger partial charge in [0.15, 0.2) is 0 Å². The normalized spacial score (nSPS) is 17.5. The lowest BCUT2D eigenvalue weighted by molar-refractivity contribution is 0.177. The summed E-state index contributed by atoms with van der Waals surface area (Å²) in [5.74, 6) is 0.314. The fourth-order valence-corrected chi connectivity index (χ4v) is 4.03. The maximum absolute atomic E-state index is 12.9. The molecule has 1 fully saturated rings. The molecule has 8 heteroatoms. The van der Waals surface area contributed by atoms with E-state index in [4.69, 9.17) is 4.52 Å². The van der Waals surface area contributed by atoms with E-state index in [1.54, 1.807) is 0 Å². The molecule has 124 valence electrons. The molecule has 6 nitrogen and oxygen atoms in total. The molecule has 0 spiro atoms. The summed E-state index contributed by atoms with van der Waals surface area (Å²) >= 11 is 0. The van der Waals surface area contributed by atoms with E-state index in [1.165, 1.54) is 16.4 Å². The second-order valence-electron chi connectivity index (χ2n) is 5.56. The van der Waals surface area contributed by atoms with E-state index in [9.17, 15) is 12.8 Å². The van der Waals surface area contributed by atoms with Crippen LogP contribution in [0.2, 0.25) is 0 Å². The minimum atomic E-state index is -3.57. The van der Waals surface area contributed by atoms with Crippen molar-refractivity contribution in [3.63, 3.8) is 0 Å². The molecule has 2 heterocycles. The number of aryl methyl sites for hydroxylation is 1. The Hall–Kier alpha value is -1.77. The van der Waals surface area contributed by atoms with E-state index >= 15 is 0 Å². The largest absolute Gasteiger partial charge is 0.361 e. The van der Waals surface area contributed by atoms with E-state index in [-0.39, 0.29) is 4.90 Å². The fourth-order valence-electron chi connectivity index (χ4n) is 2.61. The van der Waals surface area contributed by atoms with Crippen LogP contribution in [0.1, 0.15) is 11.5 Å². The first-order valence-corrected chi connectivity index (χ1v) is 8.79. The van der Waals surface area contributed by atoms with E-state index < -0.39 is 15.8 Å². The quantitative estimate of drug-likeness (QED) is 0.847. The number of sulfonamides is 1. The number of piperazine rings is 1. The fraction of sp³-hybridized carbons (Fsp3) is 0.400. The molecular formula is C15H18FN3O3S. The SMILES string of the molecule is Cc1cc(CN2CCN(S(=O)(=O)c3ccc(F)cc3)CC2)no1. The van der Waals surface area contributed by atoms with Crippen molar-refractivity contribution in [1.82, 2.24) is 14.4 Å². The number of nitrogens with zero attached hydrogens (tertiary/aromatic N) is 3. The molecule has 3 rings (SSSR count). The van der Waals surface area contributed by atoms with Crippen LogP contribution in [0.5, 0.6) is 0 Å². The third-order valence-corrected chi connectivity index (χ3v) is 5.76. The molecule has 1 aromatic carbocycles. The number of hydrogen-bond acceptors (Lipinski definition) is 5. The maximum atomic E-state index is 12.9. The second-order valence-corrected chi connectivity index (χ2v) is 7.50. The van der Waals surface area contributed by atoms with Gasteiger partial charge in [-0.2, -0.15) is 4.31 Å². The number of rotatable bonds is 4. The van der Waals surface area contributed by atoms with Gasteiger partial charge < -0.3 is 4.52 Å². The zero-order chi connectivity index (χ0) is 16.4. The highest BCUT2D eigenvalue weighted by Gasteiger charge is 2.28. The van der Waals surface area contributed by atoms with Gasteiger partial charge in [0.1, 0.15) is 11.6 Å². The summed E-state index contributed by atoms with van der Waals surface area (Å²) in [6.07, 6.45) is 0. The summed E-state index contributed by atoms with van der Waals surface area (Å²) in [7, 11) is -3.57. The van der Waals surface area contributed by atoms with Gasteiger partial charge in [0.05, 0.1) is 10.6 Å². The second kappa shape index (κ2) is 6.38. The summed E-state index contributed by atoms with van der Waals surface area (Å²) in [5, 5.41) is 3.95. The Morgan fingerprint density at radius 2 is 1.83 bits per heavy atom. The first kappa shape index (κ1) is 16.1. The highest BCUT2D eigenvalue weighted by molar-refractivity contribution is 7.89. The molecular weight excluding hydrogens is 321 g/mol. The predicted octanol–water partition coefficient (Wildman–Crippen LogP) is 1.63. The zero-order valence-electron chi connectivity index (χ0n) is 12.8. The van der Waals surface area contributed by atoms with Gasteiger partial charge in [0.25, 0.3) is 0 Å². The summed E-state index contributed by atoms with van der Waals surface area (Å²) in [6, 6.07) is 6.80. The molecule has 1 aliphatic heterocycles. The molecule has 0 amide bonds. The average molecular weight is 339 g/mol. The van der Waals surface area contributed by atoms with Gasteiger partial charge in [-0.05, 0) is 31.2 Å². The minimum Gasteiger partial charge on any atom is -0.361 e. The highest BCUT2D eigenvalue weighted by Crippen LogP contribution is 2.18. The molecule has 1 aromatic heterocycles. The Bertz CT molecular complexity index is 766. The number of aromatic nitrogens is 1. The van der Waals surface area contributed by atoms with Crippen molar-refractivity contribution in [2.24, 2.45) is 0 Å². The Labute approximate surface area is 134 Å². The summed E-state index contributed by atoms with van der Waals surface area (Å²) < 4.78 is 44.5. The van der Waals surface area contributed by atoms with Crippen LogP contribution < -0.4 is 0 Å². The summed E-state index contributed by atoms with van der Waals surface area (Å²) in [4.78, 5) is 2.26. The molecule has 0 bridgehead atoms. The van der Waals surface area contributed by atoms with Crippen molar-refractivity contribution < 1.29 is 17.3 Å². The molecule has 0 N–H and O–H groups in total. The van der Waals surface area contributed by atoms with E-state index in [1.807, 2.05) is 13.0 Å². The van der Waals surface area contributed by atoms with E-state index in [0.717, 1.165) is 23.6 Å². The van der Waals surface area contributed by atoms with Gasteiger partial charge in [-0.3, -0.25) is 4.90 Å². The molecule has 0 unspecified atom stereocenters. The average Bonchev–Trinajstić information content (AvgIpc) is 2.93. The maximum Gasteiger partial charge on any atom is 0.243 e.